The van der Waals surface area contributed by atoms with E-state index in [2.05, 4.69) is 13.8 Å². The Kier molecular flexibility index (Phi) is 0.906. The van der Waals surface area contributed by atoms with Gasteiger partial charge in [-0.3, -0.25) is 0 Å². The van der Waals surface area contributed by atoms with Gasteiger partial charge < -0.3 is 10.2 Å². The summed E-state index contributed by atoms with van der Waals surface area (Å²) in [6.07, 6.45) is -0.505. The van der Waals surface area contributed by atoms with E-state index in [-0.39, 0.29) is 23.0 Å². The molecule has 4 atom stereocenters. The average molecular weight is 168 g/mol. The van der Waals surface area contributed by atoms with E-state index in [1.807, 2.05) is 6.92 Å². The molecule has 4 bridgehead atoms. The molecular formula is C10H16O2. The van der Waals surface area contributed by atoms with Gasteiger partial charge in [-0.2, -0.15) is 0 Å². The van der Waals surface area contributed by atoms with Gasteiger partial charge in [0.05, 0.1) is 12.2 Å². The summed E-state index contributed by atoms with van der Waals surface area (Å²) in [6.45, 7) is 6.43. The molecule has 0 aromatic heterocycles. The summed E-state index contributed by atoms with van der Waals surface area (Å²) in [6, 6.07) is 0. The Morgan fingerprint density at radius 2 is 1.33 bits per heavy atom. The lowest BCUT2D eigenvalue weighted by atomic mass is 9.69. The van der Waals surface area contributed by atoms with Crippen molar-refractivity contribution in [3.63, 3.8) is 0 Å². The zero-order valence-electron chi connectivity index (χ0n) is 7.78. The fourth-order valence-corrected chi connectivity index (χ4v) is 4.23. The second kappa shape index (κ2) is 1.48. The monoisotopic (exact) mass is 168 g/mol. The maximum absolute atomic E-state index is 9.95. The molecule has 12 heavy (non-hydrogen) atoms. The van der Waals surface area contributed by atoms with E-state index in [0.29, 0.717) is 17.8 Å². The summed E-state index contributed by atoms with van der Waals surface area (Å²) >= 11 is 0. The Hall–Kier alpha value is -0.0800. The number of hydrogen-bond acceptors (Lipinski definition) is 2. The Morgan fingerprint density at radius 1 is 0.917 bits per heavy atom. The molecule has 4 unspecified atom stereocenters. The molecular weight excluding hydrogens is 152 g/mol. The summed E-state index contributed by atoms with van der Waals surface area (Å²) in [5, 5.41) is 19.9. The van der Waals surface area contributed by atoms with Crippen LogP contribution in [0.5, 0.6) is 0 Å². The van der Waals surface area contributed by atoms with Gasteiger partial charge in [0.15, 0.2) is 0 Å². The first-order chi connectivity index (χ1) is 5.44. The highest BCUT2D eigenvalue weighted by Crippen LogP contribution is 2.82. The first-order valence-electron chi connectivity index (χ1n) is 4.80. The van der Waals surface area contributed by atoms with Gasteiger partial charge >= 0.3 is 0 Å². The third-order valence-electron chi connectivity index (χ3n) is 5.31. The van der Waals surface area contributed by atoms with Crippen LogP contribution >= 0.6 is 0 Å². The third kappa shape index (κ3) is 0.391. The molecule has 0 aromatic carbocycles. The van der Waals surface area contributed by atoms with Gasteiger partial charge in [0.25, 0.3) is 0 Å². The fraction of sp³-hybridized carbons (Fsp3) is 1.00. The van der Waals surface area contributed by atoms with E-state index in [9.17, 15) is 10.2 Å². The van der Waals surface area contributed by atoms with E-state index in [1.54, 1.807) is 0 Å². The van der Waals surface area contributed by atoms with Crippen LogP contribution in [0.25, 0.3) is 0 Å². The zero-order chi connectivity index (χ0) is 8.89. The van der Waals surface area contributed by atoms with Crippen LogP contribution in [-0.2, 0) is 0 Å². The second-order valence-electron chi connectivity index (χ2n) is 5.57. The highest BCUT2D eigenvalue weighted by atomic mass is 16.3. The smallest absolute Gasteiger partial charge is 0.0658 e. The van der Waals surface area contributed by atoms with Crippen LogP contribution in [0.4, 0.5) is 0 Å². The molecule has 68 valence electrons. The highest BCUT2D eigenvalue weighted by Gasteiger charge is 2.86. The van der Waals surface area contributed by atoms with Crippen molar-refractivity contribution in [2.45, 2.75) is 33.0 Å². The van der Waals surface area contributed by atoms with Crippen LogP contribution in [0, 0.1) is 28.6 Å². The van der Waals surface area contributed by atoms with E-state index in [1.165, 1.54) is 0 Å². The molecule has 4 aliphatic carbocycles. The topological polar surface area (TPSA) is 40.5 Å². The van der Waals surface area contributed by atoms with Gasteiger partial charge in [-0.1, -0.05) is 20.8 Å². The molecule has 0 heterocycles. The first-order valence-corrected chi connectivity index (χ1v) is 4.80. The van der Waals surface area contributed by atoms with Gasteiger partial charge in [0.2, 0.25) is 0 Å². The van der Waals surface area contributed by atoms with Crippen molar-refractivity contribution in [3.05, 3.63) is 0 Å². The van der Waals surface area contributed by atoms with Crippen molar-refractivity contribution in [1.82, 2.24) is 0 Å². The van der Waals surface area contributed by atoms with Crippen LogP contribution in [-0.4, -0.2) is 22.4 Å². The van der Waals surface area contributed by atoms with E-state index < -0.39 is 0 Å². The summed E-state index contributed by atoms with van der Waals surface area (Å²) in [4.78, 5) is 0. The van der Waals surface area contributed by atoms with E-state index >= 15 is 0 Å². The number of rotatable bonds is 0. The Balaban J connectivity index is 2.18. The predicted molar refractivity (Wildman–Crippen MR) is 44.4 cm³/mol. The minimum atomic E-state index is -0.252. The van der Waals surface area contributed by atoms with Gasteiger partial charge in [-0.05, 0) is 23.2 Å². The van der Waals surface area contributed by atoms with Crippen molar-refractivity contribution in [2.75, 3.05) is 0 Å². The second-order valence-corrected chi connectivity index (χ2v) is 5.57. The third-order valence-corrected chi connectivity index (χ3v) is 5.31. The summed E-state index contributed by atoms with van der Waals surface area (Å²) in [7, 11) is 0. The molecule has 0 spiro atoms. The predicted octanol–water partition coefficient (Wildman–Crippen LogP) is 0.630. The lowest BCUT2D eigenvalue weighted by molar-refractivity contribution is -0.0489. The largest absolute Gasteiger partial charge is 0.392 e. The van der Waals surface area contributed by atoms with E-state index in [0.717, 1.165) is 0 Å². The van der Waals surface area contributed by atoms with Crippen molar-refractivity contribution < 1.29 is 10.2 Å². The Morgan fingerprint density at radius 3 is 1.42 bits per heavy atom. The quantitative estimate of drug-likeness (QED) is 0.557. The van der Waals surface area contributed by atoms with Crippen LogP contribution in [0.1, 0.15) is 20.8 Å². The molecule has 4 fully saturated rings. The Labute approximate surface area is 72.6 Å². The SMILES string of the molecule is CC1(C)C2C3C2C(O)C1(C)C3O. The molecule has 0 aromatic rings. The number of aliphatic hydroxyl groups excluding tert-OH is 2. The lowest BCUT2D eigenvalue weighted by Crippen LogP contribution is -2.42. The maximum Gasteiger partial charge on any atom is 0.0658 e. The van der Waals surface area contributed by atoms with E-state index in [4.69, 9.17) is 0 Å². The highest BCUT2D eigenvalue weighted by molar-refractivity contribution is 5.33. The van der Waals surface area contributed by atoms with Crippen LogP contribution < -0.4 is 0 Å². The minimum Gasteiger partial charge on any atom is -0.392 e. The standard InChI is InChI=1S/C10H16O2/c1-9(2)6-4-5(6)8(12)10(9,3)7(4)11/h4-8,11-12H,1-3H3. The zero-order valence-corrected chi connectivity index (χ0v) is 7.78. The van der Waals surface area contributed by atoms with Crippen molar-refractivity contribution in [1.29, 1.82) is 0 Å². The molecule has 0 amide bonds. The molecule has 4 saturated carbocycles. The van der Waals surface area contributed by atoms with Crippen LogP contribution in [0.15, 0.2) is 0 Å². The minimum absolute atomic E-state index is 0.140. The Bertz CT molecular complexity index is 239. The molecule has 4 rings (SSSR count). The van der Waals surface area contributed by atoms with Crippen LogP contribution in [0.3, 0.4) is 0 Å². The molecule has 0 aliphatic heterocycles. The average Bonchev–Trinajstić information content (AvgIpc) is 2.61. The van der Waals surface area contributed by atoms with Crippen molar-refractivity contribution >= 4 is 0 Å². The van der Waals surface area contributed by atoms with Gasteiger partial charge in [0.1, 0.15) is 0 Å². The summed E-state index contributed by atoms with van der Waals surface area (Å²) in [5.41, 5.74) is -0.0891. The first kappa shape index (κ1) is 7.34. The van der Waals surface area contributed by atoms with Crippen molar-refractivity contribution in [2.24, 2.45) is 28.6 Å². The summed E-state index contributed by atoms with van der Waals surface area (Å²) in [5.74, 6) is 1.42. The normalized spacial score (nSPS) is 70.2. The molecule has 4 aliphatic rings. The molecule has 0 saturated heterocycles. The van der Waals surface area contributed by atoms with Gasteiger partial charge in [-0.25, -0.2) is 0 Å². The molecule has 0 radical (unpaired) electrons. The molecule has 2 nitrogen and oxygen atoms in total. The lowest BCUT2D eigenvalue weighted by Gasteiger charge is -2.38. The maximum atomic E-state index is 9.95. The molecule has 2 N–H and O–H groups in total. The van der Waals surface area contributed by atoms with Gasteiger partial charge in [0, 0.05) is 5.41 Å². The van der Waals surface area contributed by atoms with Gasteiger partial charge in [-0.15, -0.1) is 0 Å². The fourth-order valence-electron chi connectivity index (χ4n) is 4.23. The van der Waals surface area contributed by atoms with Crippen molar-refractivity contribution in [3.8, 4) is 0 Å². The number of hydrogen-bond donors (Lipinski definition) is 2. The molecule has 2 heteroatoms. The van der Waals surface area contributed by atoms with Crippen LogP contribution in [0.2, 0.25) is 0 Å². The number of aliphatic hydroxyl groups is 2. The summed E-state index contributed by atoms with van der Waals surface area (Å²) < 4.78 is 0.